The first-order chi connectivity index (χ1) is 21.8. The van der Waals surface area contributed by atoms with E-state index in [2.05, 4.69) is 44.2 Å². The molecule has 0 saturated heterocycles. The van der Waals surface area contributed by atoms with Crippen LogP contribution in [0.1, 0.15) is 66.9 Å². The van der Waals surface area contributed by atoms with E-state index in [0.717, 1.165) is 16.5 Å². The first-order valence-electron chi connectivity index (χ1n) is 15.9. The lowest BCUT2D eigenvalue weighted by Gasteiger charge is -2.30. The van der Waals surface area contributed by atoms with E-state index in [1.54, 1.807) is 20.0 Å². The van der Waals surface area contributed by atoms with Crippen LogP contribution in [-0.2, 0) is 35.2 Å². The van der Waals surface area contributed by atoms with Crippen LogP contribution in [0.2, 0.25) is 0 Å². The number of carbonyl (C=O) groups is 6. The van der Waals surface area contributed by atoms with E-state index in [4.69, 9.17) is 0 Å². The van der Waals surface area contributed by atoms with Crippen molar-refractivity contribution in [2.24, 2.45) is 17.8 Å². The SMILES string of the molecule is CC[C@H](C)[C@H](NC(C)=O)C(=O)N[C@H](C(=O)N[C@@H](Cc1c[nH]c2ccccc12)C(=O)N[C@@H](CS)C(=O)N[C@H](C=O)C(C)C)[C@@H](C)CC. The van der Waals surface area contributed by atoms with Crippen LogP contribution in [0, 0.1) is 17.8 Å². The maximum Gasteiger partial charge on any atom is 0.244 e. The van der Waals surface area contributed by atoms with Crippen molar-refractivity contribution < 1.29 is 28.8 Å². The molecule has 254 valence electrons. The van der Waals surface area contributed by atoms with Gasteiger partial charge in [-0.05, 0) is 29.4 Å². The Kier molecular flexibility index (Phi) is 15.3. The standard InChI is InChI=1S/C33H50N6O6S/c1-8-19(5)28(35-21(7)41)33(45)39-29(20(6)9-2)32(44)36-25(14-22-15-34-24-13-11-10-12-23(22)24)30(42)38-27(17-46)31(43)37-26(16-40)18(3)4/h10-13,15-16,18-20,25-29,34,46H,8-9,14,17H2,1-7H3,(H,35,41)(H,36,44)(H,37,43)(H,38,42)(H,39,45)/t19-,20-,25-,26+,27-,28-,29-/m0/s1. The molecule has 2 rings (SSSR count). The van der Waals surface area contributed by atoms with E-state index >= 15 is 0 Å². The van der Waals surface area contributed by atoms with Crippen molar-refractivity contribution in [2.45, 2.75) is 97.9 Å². The maximum absolute atomic E-state index is 13.9. The molecule has 13 heteroatoms. The van der Waals surface area contributed by atoms with Crippen LogP contribution in [-0.4, -0.2) is 76.8 Å². The first kappa shape index (κ1) is 38.3. The highest BCUT2D eigenvalue weighted by atomic mass is 32.1. The van der Waals surface area contributed by atoms with Gasteiger partial charge in [-0.2, -0.15) is 12.6 Å². The Morgan fingerprint density at radius 3 is 1.87 bits per heavy atom. The monoisotopic (exact) mass is 658 g/mol. The summed E-state index contributed by atoms with van der Waals surface area (Å²) in [5.74, 6) is -3.38. The number of aromatic amines is 1. The van der Waals surface area contributed by atoms with Gasteiger partial charge < -0.3 is 36.4 Å². The van der Waals surface area contributed by atoms with E-state index in [1.165, 1.54) is 6.92 Å². The number of H-pyrrole nitrogens is 1. The minimum atomic E-state index is -1.14. The number of fused-ring (bicyclic) bond motifs is 1. The fourth-order valence-corrected chi connectivity index (χ4v) is 5.20. The fraction of sp³-hybridized carbons (Fsp3) is 0.576. The zero-order valence-corrected chi connectivity index (χ0v) is 28.7. The maximum atomic E-state index is 13.9. The van der Waals surface area contributed by atoms with Crippen molar-refractivity contribution in [1.29, 1.82) is 0 Å². The quantitative estimate of drug-likeness (QED) is 0.0952. The number of hydrogen-bond acceptors (Lipinski definition) is 7. The summed E-state index contributed by atoms with van der Waals surface area (Å²) in [5.41, 5.74) is 1.61. The summed E-state index contributed by atoms with van der Waals surface area (Å²) < 4.78 is 0. The van der Waals surface area contributed by atoms with E-state index in [1.807, 2.05) is 52.0 Å². The largest absolute Gasteiger partial charge is 0.361 e. The number of thiol groups is 1. The van der Waals surface area contributed by atoms with Crippen molar-refractivity contribution in [3.05, 3.63) is 36.0 Å². The van der Waals surface area contributed by atoms with Gasteiger partial charge in [0.1, 0.15) is 30.5 Å². The molecular formula is C33H50N6O6S. The highest BCUT2D eigenvalue weighted by molar-refractivity contribution is 7.80. The normalized spacial score (nSPS) is 15.8. The predicted molar refractivity (Wildman–Crippen MR) is 181 cm³/mol. The molecule has 0 unspecified atom stereocenters. The van der Waals surface area contributed by atoms with Crippen molar-refractivity contribution in [2.75, 3.05) is 5.75 Å². The Balaban J connectivity index is 2.40. The minimum absolute atomic E-state index is 0.0549. The Labute approximate surface area is 276 Å². The number of para-hydroxylation sites is 1. The zero-order chi connectivity index (χ0) is 34.6. The summed E-state index contributed by atoms with van der Waals surface area (Å²) in [6.07, 6.45) is 3.64. The highest BCUT2D eigenvalue weighted by Gasteiger charge is 2.35. The van der Waals surface area contributed by atoms with Gasteiger partial charge in [0.2, 0.25) is 29.5 Å². The molecule has 0 fully saturated rings. The molecule has 7 atom stereocenters. The Hall–Kier alpha value is -3.87. The average molecular weight is 659 g/mol. The summed E-state index contributed by atoms with van der Waals surface area (Å²) in [5, 5.41) is 14.5. The smallest absolute Gasteiger partial charge is 0.244 e. The second-order valence-electron chi connectivity index (χ2n) is 12.2. The van der Waals surface area contributed by atoms with E-state index in [-0.39, 0.29) is 35.8 Å². The molecule has 0 aliphatic heterocycles. The van der Waals surface area contributed by atoms with E-state index < -0.39 is 53.8 Å². The molecule has 0 spiro atoms. The highest BCUT2D eigenvalue weighted by Crippen LogP contribution is 2.20. The Morgan fingerprint density at radius 2 is 1.33 bits per heavy atom. The van der Waals surface area contributed by atoms with Gasteiger partial charge in [-0.1, -0.05) is 72.6 Å². The molecule has 6 N–H and O–H groups in total. The van der Waals surface area contributed by atoms with E-state index in [9.17, 15) is 28.8 Å². The Bertz CT molecular complexity index is 1360. The molecule has 0 bridgehead atoms. The third-order valence-electron chi connectivity index (χ3n) is 8.37. The number of rotatable bonds is 18. The lowest BCUT2D eigenvalue weighted by molar-refractivity contribution is -0.135. The second-order valence-corrected chi connectivity index (χ2v) is 12.6. The van der Waals surface area contributed by atoms with E-state index in [0.29, 0.717) is 19.1 Å². The lowest BCUT2D eigenvalue weighted by Crippen LogP contribution is -2.61. The lowest BCUT2D eigenvalue weighted by atomic mass is 9.94. The van der Waals surface area contributed by atoms with Crippen molar-refractivity contribution in [3.63, 3.8) is 0 Å². The average Bonchev–Trinajstić information content (AvgIpc) is 3.44. The molecular weight excluding hydrogens is 608 g/mol. The number of benzene rings is 1. The molecule has 5 amide bonds. The van der Waals surface area contributed by atoms with Crippen LogP contribution in [0.5, 0.6) is 0 Å². The topological polar surface area (TPSA) is 178 Å². The number of aromatic nitrogens is 1. The van der Waals surface area contributed by atoms with Gasteiger partial charge in [0.25, 0.3) is 0 Å². The summed E-state index contributed by atoms with van der Waals surface area (Å²) in [4.78, 5) is 80.6. The predicted octanol–water partition coefficient (Wildman–Crippen LogP) is 2.03. The third-order valence-corrected chi connectivity index (χ3v) is 8.73. The van der Waals surface area contributed by atoms with Crippen LogP contribution < -0.4 is 26.6 Å². The fourth-order valence-electron chi connectivity index (χ4n) is 4.95. The van der Waals surface area contributed by atoms with Gasteiger partial charge in [0, 0.05) is 36.2 Å². The zero-order valence-electron chi connectivity index (χ0n) is 27.8. The summed E-state index contributed by atoms with van der Waals surface area (Å²) in [6.45, 7) is 12.3. The molecule has 1 aromatic carbocycles. The molecule has 2 aromatic rings. The van der Waals surface area contributed by atoms with Crippen molar-refractivity contribution in [1.82, 2.24) is 31.6 Å². The molecule has 0 aliphatic rings. The third kappa shape index (κ3) is 10.6. The van der Waals surface area contributed by atoms with Crippen LogP contribution in [0.25, 0.3) is 10.9 Å². The van der Waals surface area contributed by atoms with Crippen LogP contribution in [0.15, 0.2) is 30.5 Å². The molecule has 1 heterocycles. The summed E-state index contributed by atoms with van der Waals surface area (Å²) in [7, 11) is 0. The summed E-state index contributed by atoms with van der Waals surface area (Å²) >= 11 is 4.25. The second kappa shape index (κ2) is 18.3. The van der Waals surface area contributed by atoms with Crippen LogP contribution >= 0.6 is 12.6 Å². The number of aldehydes is 1. The van der Waals surface area contributed by atoms with Gasteiger partial charge in [0.15, 0.2) is 0 Å². The first-order valence-corrected chi connectivity index (χ1v) is 16.5. The molecule has 1 aromatic heterocycles. The van der Waals surface area contributed by atoms with Crippen molar-refractivity contribution >= 4 is 59.4 Å². The van der Waals surface area contributed by atoms with Gasteiger partial charge in [-0.3, -0.25) is 24.0 Å². The minimum Gasteiger partial charge on any atom is -0.361 e. The van der Waals surface area contributed by atoms with Crippen LogP contribution in [0.4, 0.5) is 0 Å². The summed E-state index contributed by atoms with van der Waals surface area (Å²) in [6, 6.07) is 2.70. The molecule has 0 radical (unpaired) electrons. The Morgan fingerprint density at radius 1 is 0.783 bits per heavy atom. The molecule has 12 nitrogen and oxygen atoms in total. The number of carbonyl (C=O) groups excluding carboxylic acids is 6. The molecule has 0 aliphatic carbocycles. The molecule has 46 heavy (non-hydrogen) atoms. The molecule has 0 saturated carbocycles. The van der Waals surface area contributed by atoms with Gasteiger partial charge in [-0.15, -0.1) is 0 Å². The number of nitrogens with one attached hydrogen (secondary N) is 6. The van der Waals surface area contributed by atoms with Gasteiger partial charge >= 0.3 is 0 Å². The number of hydrogen-bond donors (Lipinski definition) is 7. The van der Waals surface area contributed by atoms with Crippen molar-refractivity contribution in [3.8, 4) is 0 Å². The van der Waals surface area contributed by atoms with Crippen LogP contribution in [0.3, 0.4) is 0 Å². The van der Waals surface area contributed by atoms with Gasteiger partial charge in [-0.25, -0.2) is 0 Å². The number of amides is 5. The van der Waals surface area contributed by atoms with Gasteiger partial charge in [0.05, 0.1) is 6.04 Å².